The van der Waals surface area contributed by atoms with Gasteiger partial charge in [0.1, 0.15) is 0 Å². The molecule has 4 aromatic rings. The van der Waals surface area contributed by atoms with Gasteiger partial charge in [0, 0.05) is 35.4 Å². The Morgan fingerprint density at radius 1 is 0.957 bits per heavy atom. The van der Waals surface area contributed by atoms with Gasteiger partial charge in [-0.15, -0.1) is 0 Å². The van der Waals surface area contributed by atoms with Crippen LogP contribution in [0.3, 0.4) is 0 Å². The number of H-pyrrole nitrogens is 2. The van der Waals surface area contributed by atoms with Crippen LogP contribution in [0, 0.1) is 6.92 Å². The molecule has 3 heteroatoms. The van der Waals surface area contributed by atoms with Crippen molar-refractivity contribution in [2.24, 2.45) is 0 Å². The van der Waals surface area contributed by atoms with Gasteiger partial charge in [-0.3, -0.25) is 0 Å². The Kier molecular flexibility index (Phi) is 3.64. The first-order valence-electron chi connectivity index (χ1n) is 8.13. The third-order valence-corrected chi connectivity index (χ3v) is 4.44. The van der Waals surface area contributed by atoms with E-state index in [1.54, 1.807) is 0 Å². The predicted molar refractivity (Wildman–Crippen MR) is 96.7 cm³/mol. The number of rotatable bonds is 5. The minimum atomic E-state index is 0.905. The number of hydrogen-bond acceptors (Lipinski definition) is 1. The summed E-state index contributed by atoms with van der Waals surface area (Å²) in [6, 6.07) is 15.3. The van der Waals surface area contributed by atoms with Crippen molar-refractivity contribution in [3.8, 4) is 0 Å². The standard InChI is InChI=1S/C20H21N3/c1-14-2-4-20-18(10-14)17(13-23-20)6-8-21-12-15-3-5-19-16(11-15)7-9-22-19/h2-5,7,9-11,13,21-23H,6,8,12H2,1H3. The van der Waals surface area contributed by atoms with E-state index in [1.807, 2.05) is 6.20 Å². The van der Waals surface area contributed by atoms with E-state index in [0.717, 1.165) is 19.5 Å². The van der Waals surface area contributed by atoms with Gasteiger partial charge in [0.05, 0.1) is 0 Å². The predicted octanol–water partition coefficient (Wildman–Crippen LogP) is 4.29. The number of nitrogens with one attached hydrogen (secondary N) is 3. The van der Waals surface area contributed by atoms with Crippen LogP contribution in [0.1, 0.15) is 16.7 Å². The summed E-state index contributed by atoms with van der Waals surface area (Å²) in [5.74, 6) is 0. The summed E-state index contributed by atoms with van der Waals surface area (Å²) < 4.78 is 0. The highest BCUT2D eigenvalue weighted by Gasteiger charge is 2.04. The minimum Gasteiger partial charge on any atom is -0.361 e. The Bertz CT molecular complexity index is 946. The molecule has 2 heterocycles. The Balaban J connectivity index is 1.38. The number of hydrogen-bond donors (Lipinski definition) is 3. The maximum Gasteiger partial charge on any atom is 0.0456 e. The van der Waals surface area contributed by atoms with Crippen LogP contribution >= 0.6 is 0 Å². The molecule has 0 saturated heterocycles. The van der Waals surface area contributed by atoms with E-state index < -0.39 is 0 Å². The number of aromatic amines is 2. The molecule has 4 rings (SSSR count). The molecule has 0 spiro atoms. The molecule has 0 unspecified atom stereocenters. The fourth-order valence-electron chi connectivity index (χ4n) is 3.17. The second-order valence-corrected chi connectivity index (χ2v) is 6.19. The first-order valence-corrected chi connectivity index (χ1v) is 8.13. The van der Waals surface area contributed by atoms with Crippen LogP contribution in [0.25, 0.3) is 21.8 Å². The largest absolute Gasteiger partial charge is 0.361 e. The lowest BCUT2D eigenvalue weighted by molar-refractivity contribution is 0.689. The number of aromatic nitrogens is 2. The molecule has 2 aromatic carbocycles. The maximum absolute atomic E-state index is 3.55. The molecule has 0 amide bonds. The van der Waals surface area contributed by atoms with Gasteiger partial charge >= 0.3 is 0 Å². The van der Waals surface area contributed by atoms with E-state index in [9.17, 15) is 0 Å². The van der Waals surface area contributed by atoms with Crippen molar-refractivity contribution in [3.05, 3.63) is 71.5 Å². The highest BCUT2D eigenvalue weighted by molar-refractivity contribution is 5.84. The third kappa shape index (κ3) is 2.88. The molecule has 116 valence electrons. The first kappa shape index (κ1) is 14.1. The zero-order valence-corrected chi connectivity index (χ0v) is 13.3. The first-order chi connectivity index (χ1) is 11.3. The zero-order chi connectivity index (χ0) is 15.6. The summed E-state index contributed by atoms with van der Waals surface area (Å²) in [7, 11) is 0. The fourth-order valence-corrected chi connectivity index (χ4v) is 3.17. The molecule has 0 saturated carbocycles. The maximum atomic E-state index is 3.55. The average Bonchev–Trinajstić information content (AvgIpc) is 3.17. The second kappa shape index (κ2) is 5.94. The van der Waals surface area contributed by atoms with Gasteiger partial charge in [-0.1, -0.05) is 17.7 Å². The van der Waals surface area contributed by atoms with Gasteiger partial charge in [-0.2, -0.15) is 0 Å². The van der Waals surface area contributed by atoms with Crippen LogP contribution in [-0.2, 0) is 13.0 Å². The SMILES string of the molecule is Cc1ccc2[nH]cc(CCNCc3ccc4[nH]ccc4c3)c2c1. The highest BCUT2D eigenvalue weighted by atomic mass is 14.8. The van der Waals surface area contributed by atoms with Gasteiger partial charge in [0.2, 0.25) is 0 Å². The van der Waals surface area contributed by atoms with Crippen LogP contribution < -0.4 is 5.32 Å². The topological polar surface area (TPSA) is 43.6 Å². The van der Waals surface area contributed by atoms with Crippen molar-refractivity contribution in [2.45, 2.75) is 19.9 Å². The molecule has 0 atom stereocenters. The lowest BCUT2D eigenvalue weighted by Crippen LogP contribution is -2.16. The van der Waals surface area contributed by atoms with Crippen molar-refractivity contribution in [1.29, 1.82) is 0 Å². The summed E-state index contributed by atoms with van der Waals surface area (Å²) >= 11 is 0. The Labute approximate surface area is 135 Å². The Morgan fingerprint density at radius 3 is 2.83 bits per heavy atom. The quantitative estimate of drug-likeness (QED) is 0.473. The molecule has 2 aromatic heterocycles. The zero-order valence-electron chi connectivity index (χ0n) is 13.3. The molecule has 23 heavy (non-hydrogen) atoms. The molecule has 0 radical (unpaired) electrons. The van der Waals surface area contributed by atoms with Gasteiger partial charge in [0.15, 0.2) is 0 Å². The fraction of sp³-hybridized carbons (Fsp3) is 0.200. The van der Waals surface area contributed by atoms with E-state index in [2.05, 4.69) is 70.9 Å². The van der Waals surface area contributed by atoms with Crippen molar-refractivity contribution < 1.29 is 0 Å². The average molecular weight is 303 g/mol. The molecule has 3 nitrogen and oxygen atoms in total. The monoisotopic (exact) mass is 303 g/mol. The van der Waals surface area contributed by atoms with E-state index in [-0.39, 0.29) is 0 Å². The summed E-state index contributed by atoms with van der Waals surface area (Å²) in [5, 5.41) is 6.17. The van der Waals surface area contributed by atoms with E-state index >= 15 is 0 Å². The van der Waals surface area contributed by atoms with Crippen molar-refractivity contribution >= 4 is 21.8 Å². The van der Waals surface area contributed by atoms with Crippen LogP contribution in [0.4, 0.5) is 0 Å². The number of benzene rings is 2. The molecule has 0 aliphatic carbocycles. The molecule has 0 fully saturated rings. The lowest BCUT2D eigenvalue weighted by atomic mass is 10.1. The minimum absolute atomic E-state index is 0.905. The van der Waals surface area contributed by atoms with Gasteiger partial charge in [0.25, 0.3) is 0 Å². The summed E-state index contributed by atoms with van der Waals surface area (Å²) in [4.78, 5) is 6.59. The molecule has 0 aliphatic heterocycles. The third-order valence-electron chi connectivity index (χ3n) is 4.44. The van der Waals surface area contributed by atoms with Gasteiger partial charge in [-0.25, -0.2) is 0 Å². The summed E-state index contributed by atoms with van der Waals surface area (Å²) in [6.07, 6.45) is 5.16. The highest BCUT2D eigenvalue weighted by Crippen LogP contribution is 2.20. The lowest BCUT2D eigenvalue weighted by Gasteiger charge is -2.05. The molecule has 3 N–H and O–H groups in total. The van der Waals surface area contributed by atoms with Crippen LogP contribution in [-0.4, -0.2) is 16.5 Å². The molecular weight excluding hydrogens is 282 g/mol. The number of aryl methyl sites for hydroxylation is 1. The van der Waals surface area contributed by atoms with Gasteiger partial charge < -0.3 is 15.3 Å². The smallest absolute Gasteiger partial charge is 0.0456 e. The van der Waals surface area contributed by atoms with E-state index in [1.165, 1.54) is 38.5 Å². The molecular formula is C20H21N3. The van der Waals surface area contributed by atoms with Gasteiger partial charge in [-0.05, 0) is 66.7 Å². The van der Waals surface area contributed by atoms with E-state index in [0.29, 0.717) is 0 Å². The number of fused-ring (bicyclic) bond motifs is 2. The van der Waals surface area contributed by atoms with Crippen molar-refractivity contribution in [3.63, 3.8) is 0 Å². The summed E-state index contributed by atoms with van der Waals surface area (Å²) in [5.41, 5.74) is 6.45. The van der Waals surface area contributed by atoms with Crippen molar-refractivity contribution in [1.82, 2.24) is 15.3 Å². The van der Waals surface area contributed by atoms with Crippen molar-refractivity contribution in [2.75, 3.05) is 6.54 Å². The second-order valence-electron chi connectivity index (χ2n) is 6.19. The molecule has 0 aliphatic rings. The molecule has 0 bridgehead atoms. The summed E-state index contributed by atoms with van der Waals surface area (Å²) in [6.45, 7) is 4.03. The normalized spacial score (nSPS) is 11.5. The Hall–Kier alpha value is -2.52. The van der Waals surface area contributed by atoms with Crippen LogP contribution in [0.15, 0.2) is 54.9 Å². The van der Waals surface area contributed by atoms with Crippen LogP contribution in [0.2, 0.25) is 0 Å². The Morgan fingerprint density at radius 2 is 1.87 bits per heavy atom. The van der Waals surface area contributed by atoms with E-state index in [4.69, 9.17) is 0 Å². The van der Waals surface area contributed by atoms with Crippen LogP contribution in [0.5, 0.6) is 0 Å².